The van der Waals surface area contributed by atoms with E-state index in [-0.39, 0.29) is 11.3 Å². The van der Waals surface area contributed by atoms with Crippen molar-refractivity contribution >= 4 is 17.6 Å². The highest BCUT2D eigenvalue weighted by molar-refractivity contribution is 5.97. The minimum Gasteiger partial charge on any atom is -0.507 e. The Bertz CT molecular complexity index is 727. The number of carbonyl (C=O) groups excluding carboxylic acids is 2. The Balaban J connectivity index is 1.97. The zero-order valence-electron chi connectivity index (χ0n) is 13.8. The van der Waals surface area contributed by atoms with Crippen molar-refractivity contribution in [3.8, 4) is 5.75 Å². The molecule has 0 aliphatic heterocycles. The predicted molar refractivity (Wildman–Crippen MR) is 92.2 cm³/mol. The molecule has 1 atom stereocenters. The number of carbonyl (C=O) groups is 2. The highest BCUT2D eigenvalue weighted by atomic mass is 16.5. The summed E-state index contributed by atoms with van der Waals surface area (Å²) in [6.45, 7) is 3.75. The average Bonchev–Trinajstić information content (AvgIpc) is 2.60. The number of aromatic hydroxyl groups is 1. The van der Waals surface area contributed by atoms with Crippen LogP contribution >= 0.6 is 0 Å². The van der Waals surface area contributed by atoms with E-state index in [1.807, 2.05) is 24.3 Å². The molecule has 5 heteroatoms. The van der Waals surface area contributed by atoms with Gasteiger partial charge in [-0.05, 0) is 36.1 Å². The zero-order valence-corrected chi connectivity index (χ0v) is 13.8. The van der Waals surface area contributed by atoms with Crippen LogP contribution in [0.15, 0.2) is 48.5 Å². The summed E-state index contributed by atoms with van der Waals surface area (Å²) in [5.74, 6) is -1.02. The first-order chi connectivity index (χ1) is 11.5. The molecule has 126 valence electrons. The molecule has 5 nitrogen and oxygen atoms in total. The third kappa shape index (κ3) is 4.35. The molecule has 0 spiro atoms. The van der Waals surface area contributed by atoms with Crippen LogP contribution in [0.5, 0.6) is 5.75 Å². The molecule has 2 N–H and O–H groups in total. The van der Waals surface area contributed by atoms with Crippen LogP contribution in [0.25, 0.3) is 0 Å². The lowest BCUT2D eigenvalue weighted by atomic mass is 9.97. The van der Waals surface area contributed by atoms with Crippen molar-refractivity contribution in [3.63, 3.8) is 0 Å². The van der Waals surface area contributed by atoms with Crippen molar-refractivity contribution in [2.24, 2.45) is 0 Å². The number of ether oxygens (including phenoxy) is 1. The molecule has 0 radical (unpaired) electrons. The van der Waals surface area contributed by atoms with Crippen molar-refractivity contribution in [1.29, 1.82) is 0 Å². The Morgan fingerprint density at radius 2 is 1.79 bits per heavy atom. The number of nitrogens with one attached hydrogen (secondary N) is 1. The van der Waals surface area contributed by atoms with Crippen LogP contribution in [-0.4, -0.2) is 23.6 Å². The molecule has 0 aliphatic carbocycles. The van der Waals surface area contributed by atoms with Crippen molar-refractivity contribution < 1.29 is 19.4 Å². The molecule has 0 saturated carbocycles. The molecule has 0 bridgehead atoms. The molecular weight excluding hydrogens is 306 g/mol. The molecule has 0 aliphatic rings. The van der Waals surface area contributed by atoms with Gasteiger partial charge in [-0.2, -0.15) is 0 Å². The van der Waals surface area contributed by atoms with Gasteiger partial charge in [0.15, 0.2) is 6.61 Å². The number of para-hydroxylation sites is 2. The number of esters is 1. The first-order valence-electron chi connectivity index (χ1n) is 7.86. The number of rotatable bonds is 6. The van der Waals surface area contributed by atoms with Crippen LogP contribution in [0.2, 0.25) is 0 Å². The largest absolute Gasteiger partial charge is 0.507 e. The van der Waals surface area contributed by atoms with Crippen molar-refractivity contribution in [2.75, 3.05) is 11.9 Å². The fourth-order valence-corrected chi connectivity index (χ4v) is 2.30. The van der Waals surface area contributed by atoms with Gasteiger partial charge in [-0.1, -0.05) is 44.2 Å². The third-order valence-electron chi connectivity index (χ3n) is 3.84. The van der Waals surface area contributed by atoms with Gasteiger partial charge >= 0.3 is 5.97 Å². The van der Waals surface area contributed by atoms with Crippen molar-refractivity contribution in [3.05, 3.63) is 59.7 Å². The van der Waals surface area contributed by atoms with Crippen molar-refractivity contribution in [1.82, 2.24) is 0 Å². The summed E-state index contributed by atoms with van der Waals surface area (Å²) in [4.78, 5) is 23.9. The van der Waals surface area contributed by atoms with E-state index < -0.39 is 18.5 Å². The molecule has 0 heterocycles. The highest BCUT2D eigenvalue weighted by Crippen LogP contribution is 2.26. The van der Waals surface area contributed by atoms with E-state index in [2.05, 4.69) is 19.2 Å². The average molecular weight is 327 g/mol. The Kier molecular flexibility index (Phi) is 5.95. The molecule has 0 aromatic heterocycles. The van der Waals surface area contributed by atoms with Gasteiger partial charge < -0.3 is 15.2 Å². The lowest BCUT2D eigenvalue weighted by Gasteiger charge is -2.15. The van der Waals surface area contributed by atoms with E-state index in [1.54, 1.807) is 12.1 Å². The molecule has 1 amide bonds. The SMILES string of the molecule is CCC(C)c1ccccc1NC(=O)COC(=O)c1ccccc1O. The lowest BCUT2D eigenvalue weighted by molar-refractivity contribution is -0.119. The maximum absolute atomic E-state index is 12.0. The molecule has 2 aromatic carbocycles. The summed E-state index contributed by atoms with van der Waals surface area (Å²) in [5.41, 5.74) is 1.79. The topological polar surface area (TPSA) is 75.6 Å². The summed E-state index contributed by atoms with van der Waals surface area (Å²) < 4.78 is 4.96. The van der Waals surface area contributed by atoms with Gasteiger partial charge in [0.2, 0.25) is 0 Å². The number of benzene rings is 2. The fraction of sp³-hybridized carbons (Fsp3) is 0.263. The summed E-state index contributed by atoms with van der Waals surface area (Å²) in [7, 11) is 0. The molecular formula is C19H21NO4. The van der Waals surface area contributed by atoms with Gasteiger partial charge in [0, 0.05) is 5.69 Å². The van der Waals surface area contributed by atoms with Crippen LogP contribution in [0.1, 0.15) is 42.1 Å². The van der Waals surface area contributed by atoms with E-state index in [4.69, 9.17) is 4.74 Å². The molecule has 1 unspecified atom stereocenters. The molecule has 24 heavy (non-hydrogen) atoms. The highest BCUT2D eigenvalue weighted by Gasteiger charge is 2.15. The number of hydrogen-bond donors (Lipinski definition) is 2. The Hall–Kier alpha value is -2.82. The first kappa shape index (κ1) is 17.5. The van der Waals surface area contributed by atoms with Gasteiger partial charge in [0.1, 0.15) is 11.3 Å². The van der Waals surface area contributed by atoms with Gasteiger partial charge in [-0.3, -0.25) is 4.79 Å². The second-order valence-corrected chi connectivity index (χ2v) is 5.54. The third-order valence-corrected chi connectivity index (χ3v) is 3.84. The summed E-state index contributed by atoms with van der Waals surface area (Å²) in [5, 5.41) is 12.4. The second kappa shape index (κ2) is 8.15. The number of amides is 1. The zero-order chi connectivity index (χ0) is 17.5. The number of hydrogen-bond acceptors (Lipinski definition) is 4. The summed E-state index contributed by atoms with van der Waals surface area (Å²) in [6, 6.07) is 13.6. The maximum Gasteiger partial charge on any atom is 0.342 e. The van der Waals surface area contributed by atoms with Crippen LogP contribution in [0.3, 0.4) is 0 Å². The minimum absolute atomic E-state index is 0.0327. The van der Waals surface area contributed by atoms with E-state index in [0.717, 1.165) is 17.7 Å². The molecule has 0 saturated heterocycles. The monoisotopic (exact) mass is 327 g/mol. The molecule has 2 aromatic rings. The van der Waals surface area contributed by atoms with Crippen molar-refractivity contribution in [2.45, 2.75) is 26.2 Å². The van der Waals surface area contributed by atoms with Crippen LogP contribution in [-0.2, 0) is 9.53 Å². The standard InChI is InChI=1S/C19H21NO4/c1-3-13(2)14-8-4-6-10-16(14)20-18(22)12-24-19(23)15-9-5-7-11-17(15)21/h4-11,13,21H,3,12H2,1-2H3,(H,20,22). The Morgan fingerprint density at radius 3 is 2.50 bits per heavy atom. The van der Waals surface area contributed by atoms with E-state index in [9.17, 15) is 14.7 Å². The van der Waals surface area contributed by atoms with E-state index >= 15 is 0 Å². The summed E-state index contributed by atoms with van der Waals surface area (Å²) >= 11 is 0. The predicted octanol–water partition coefficient (Wildman–Crippen LogP) is 3.70. The summed E-state index contributed by atoms with van der Waals surface area (Å²) in [6.07, 6.45) is 0.954. The second-order valence-electron chi connectivity index (χ2n) is 5.54. The maximum atomic E-state index is 12.0. The van der Waals surface area contributed by atoms with Crippen LogP contribution in [0.4, 0.5) is 5.69 Å². The van der Waals surface area contributed by atoms with Crippen LogP contribution < -0.4 is 5.32 Å². The first-order valence-corrected chi connectivity index (χ1v) is 7.86. The quantitative estimate of drug-likeness (QED) is 0.793. The van der Waals surface area contributed by atoms with Gasteiger partial charge in [-0.15, -0.1) is 0 Å². The Morgan fingerprint density at radius 1 is 1.12 bits per heavy atom. The Labute approximate surface area is 141 Å². The molecule has 2 rings (SSSR count). The van der Waals surface area contributed by atoms with Gasteiger partial charge in [0.25, 0.3) is 5.91 Å². The smallest absolute Gasteiger partial charge is 0.342 e. The number of phenolic OH excluding ortho intramolecular Hbond substituents is 1. The minimum atomic E-state index is -0.738. The number of phenols is 1. The van der Waals surface area contributed by atoms with E-state index in [1.165, 1.54) is 12.1 Å². The normalized spacial score (nSPS) is 11.6. The van der Waals surface area contributed by atoms with Gasteiger partial charge in [-0.25, -0.2) is 4.79 Å². The fourth-order valence-electron chi connectivity index (χ4n) is 2.30. The van der Waals surface area contributed by atoms with Gasteiger partial charge in [0.05, 0.1) is 0 Å². The van der Waals surface area contributed by atoms with E-state index in [0.29, 0.717) is 5.92 Å². The lowest BCUT2D eigenvalue weighted by Crippen LogP contribution is -2.21. The number of anilines is 1. The molecule has 0 fully saturated rings. The van der Waals surface area contributed by atoms with Crippen LogP contribution in [0, 0.1) is 0 Å².